The van der Waals surface area contributed by atoms with Crippen molar-refractivity contribution < 1.29 is 4.74 Å². The predicted octanol–water partition coefficient (Wildman–Crippen LogP) is 5.74. The van der Waals surface area contributed by atoms with Crippen LogP contribution in [0, 0.1) is 0 Å². The summed E-state index contributed by atoms with van der Waals surface area (Å²) in [6.45, 7) is 2.51. The van der Waals surface area contributed by atoms with Crippen LogP contribution in [0.5, 0.6) is 5.75 Å². The molecule has 2 N–H and O–H groups in total. The van der Waals surface area contributed by atoms with Gasteiger partial charge in [-0.3, -0.25) is 0 Å². The Hall–Kier alpha value is -2.17. The van der Waals surface area contributed by atoms with E-state index in [1.54, 1.807) is 18.3 Å². The van der Waals surface area contributed by atoms with Crippen LogP contribution < -0.4 is 10.5 Å². The van der Waals surface area contributed by atoms with E-state index in [4.69, 9.17) is 33.7 Å². The van der Waals surface area contributed by atoms with Crippen LogP contribution in [-0.4, -0.2) is 9.55 Å². The van der Waals surface area contributed by atoms with E-state index in [-0.39, 0.29) is 6.04 Å². The van der Waals surface area contributed by atoms with Gasteiger partial charge >= 0.3 is 0 Å². The second-order valence-electron chi connectivity index (χ2n) is 6.14. The summed E-state index contributed by atoms with van der Waals surface area (Å²) in [5.74, 6) is 0.789. The molecule has 0 saturated heterocycles. The maximum absolute atomic E-state index is 6.26. The average molecular weight is 390 g/mol. The van der Waals surface area contributed by atoms with Gasteiger partial charge < -0.3 is 15.0 Å². The molecule has 0 aliphatic heterocycles. The number of nitrogens with zero attached hydrogens (tertiary/aromatic N) is 2. The van der Waals surface area contributed by atoms with Crippen LogP contribution in [0.2, 0.25) is 10.0 Å². The van der Waals surface area contributed by atoms with Crippen LogP contribution in [0.25, 0.3) is 0 Å². The fourth-order valence-corrected chi connectivity index (χ4v) is 3.41. The molecule has 0 saturated carbocycles. The maximum Gasteiger partial charge on any atom is 0.125 e. The zero-order chi connectivity index (χ0) is 18.5. The van der Waals surface area contributed by atoms with E-state index >= 15 is 0 Å². The van der Waals surface area contributed by atoms with Crippen molar-refractivity contribution in [2.24, 2.45) is 0 Å². The Morgan fingerprint density at radius 3 is 2.73 bits per heavy atom. The molecule has 3 rings (SSSR count). The van der Waals surface area contributed by atoms with Crippen LogP contribution in [0.15, 0.2) is 55.1 Å². The molecular weight excluding hydrogens is 369 g/mol. The molecule has 0 spiro atoms. The van der Waals surface area contributed by atoms with Crippen molar-refractivity contribution in [3.05, 3.63) is 76.3 Å². The number of ether oxygens (including phenoxy) is 1. The number of imidazole rings is 1. The Balaban J connectivity index is 1.90. The van der Waals surface area contributed by atoms with E-state index in [1.807, 2.05) is 36.8 Å². The maximum atomic E-state index is 6.26. The summed E-state index contributed by atoms with van der Waals surface area (Å²) in [5, 5.41) is 1.20. The Bertz CT molecular complexity index is 865. The number of nitrogen functional groups attached to an aromatic ring is 1. The van der Waals surface area contributed by atoms with Crippen LogP contribution in [0.4, 0.5) is 5.69 Å². The van der Waals surface area contributed by atoms with Crippen LogP contribution >= 0.6 is 23.2 Å². The summed E-state index contributed by atoms with van der Waals surface area (Å²) in [6, 6.07) is 11.2. The van der Waals surface area contributed by atoms with Gasteiger partial charge in [0.05, 0.1) is 12.4 Å². The highest BCUT2D eigenvalue weighted by Gasteiger charge is 2.18. The Kier molecular flexibility index (Phi) is 6.07. The third-order valence-corrected chi connectivity index (χ3v) is 4.82. The Labute approximate surface area is 163 Å². The van der Waals surface area contributed by atoms with Crippen molar-refractivity contribution in [2.75, 3.05) is 5.73 Å². The van der Waals surface area contributed by atoms with Crippen molar-refractivity contribution in [2.45, 2.75) is 32.4 Å². The van der Waals surface area contributed by atoms with Gasteiger partial charge in [-0.15, -0.1) is 0 Å². The third kappa shape index (κ3) is 4.32. The largest absolute Gasteiger partial charge is 0.488 e. The second-order valence-corrected chi connectivity index (χ2v) is 6.98. The zero-order valence-corrected chi connectivity index (χ0v) is 16.0. The molecule has 0 radical (unpaired) electrons. The fourth-order valence-electron chi connectivity index (χ4n) is 2.95. The van der Waals surface area contributed by atoms with Crippen molar-refractivity contribution in [1.82, 2.24) is 9.55 Å². The van der Waals surface area contributed by atoms with E-state index in [9.17, 15) is 0 Å². The number of hydrogen-bond acceptors (Lipinski definition) is 3. The lowest BCUT2D eigenvalue weighted by atomic mass is 10.0. The molecule has 3 aromatic rings. The van der Waals surface area contributed by atoms with Crippen molar-refractivity contribution >= 4 is 28.9 Å². The average Bonchev–Trinajstić information content (AvgIpc) is 3.14. The van der Waals surface area contributed by atoms with Gasteiger partial charge in [-0.05, 0) is 36.8 Å². The molecule has 2 aromatic carbocycles. The number of aromatic nitrogens is 2. The van der Waals surface area contributed by atoms with Crippen LogP contribution in [0.1, 0.15) is 36.9 Å². The molecule has 136 valence electrons. The first-order valence-electron chi connectivity index (χ1n) is 8.52. The molecule has 1 atom stereocenters. The number of rotatable bonds is 7. The first-order valence-corrected chi connectivity index (χ1v) is 9.27. The van der Waals surface area contributed by atoms with E-state index in [0.717, 1.165) is 29.7 Å². The standard InChI is InChI=1S/C20H21Cl2N3O/c1-2-3-19(25-9-8-24-13-25)17-11-16(23)6-7-20(17)26-12-14-4-5-15(21)10-18(14)22/h4-11,13,19H,2-3,12,23H2,1H3. The molecule has 0 aliphatic carbocycles. The molecule has 0 fully saturated rings. The van der Waals surface area contributed by atoms with Crippen molar-refractivity contribution in [3.63, 3.8) is 0 Å². The molecule has 0 aliphatic rings. The number of nitrogens with two attached hydrogens (primary N) is 1. The van der Waals surface area contributed by atoms with Crippen molar-refractivity contribution in [3.8, 4) is 5.75 Å². The lowest BCUT2D eigenvalue weighted by molar-refractivity contribution is 0.298. The molecule has 0 amide bonds. The molecular formula is C20H21Cl2N3O. The van der Waals surface area contributed by atoms with Crippen molar-refractivity contribution in [1.29, 1.82) is 0 Å². The van der Waals surface area contributed by atoms with Gasteiger partial charge in [-0.25, -0.2) is 4.98 Å². The third-order valence-electron chi connectivity index (χ3n) is 4.24. The number of halogens is 2. The quantitative estimate of drug-likeness (QED) is 0.524. The van der Waals surface area contributed by atoms with E-state index in [1.165, 1.54) is 0 Å². The fraction of sp³-hybridized carbons (Fsp3) is 0.250. The molecule has 1 aromatic heterocycles. The SMILES string of the molecule is CCCC(c1cc(N)ccc1OCc1ccc(Cl)cc1Cl)n1ccnc1. The van der Waals surface area contributed by atoms with Gasteiger partial charge in [0.15, 0.2) is 0 Å². The molecule has 4 nitrogen and oxygen atoms in total. The normalized spacial score (nSPS) is 12.1. The Morgan fingerprint density at radius 1 is 1.19 bits per heavy atom. The summed E-state index contributed by atoms with van der Waals surface area (Å²) >= 11 is 12.2. The second kappa shape index (κ2) is 8.47. The molecule has 1 unspecified atom stereocenters. The van der Waals surface area contributed by atoms with E-state index < -0.39 is 0 Å². The molecule has 26 heavy (non-hydrogen) atoms. The Morgan fingerprint density at radius 2 is 2.04 bits per heavy atom. The summed E-state index contributed by atoms with van der Waals surface area (Å²) in [4.78, 5) is 4.18. The number of benzene rings is 2. The van der Waals surface area contributed by atoms with Crippen LogP contribution in [0.3, 0.4) is 0 Å². The predicted molar refractivity (Wildman–Crippen MR) is 107 cm³/mol. The lowest BCUT2D eigenvalue weighted by Gasteiger charge is -2.22. The molecule has 0 bridgehead atoms. The van der Waals surface area contributed by atoms with Gasteiger partial charge in [0, 0.05) is 39.3 Å². The first kappa shape index (κ1) is 18.6. The van der Waals surface area contributed by atoms with E-state index in [0.29, 0.717) is 22.3 Å². The minimum atomic E-state index is 0.113. The monoisotopic (exact) mass is 389 g/mol. The summed E-state index contributed by atoms with van der Waals surface area (Å²) in [5.41, 5.74) is 8.67. The van der Waals surface area contributed by atoms with Gasteiger partial charge in [-0.2, -0.15) is 0 Å². The lowest BCUT2D eigenvalue weighted by Crippen LogP contribution is -2.11. The highest BCUT2D eigenvalue weighted by atomic mass is 35.5. The number of hydrogen-bond donors (Lipinski definition) is 1. The minimum absolute atomic E-state index is 0.113. The smallest absolute Gasteiger partial charge is 0.125 e. The zero-order valence-electron chi connectivity index (χ0n) is 14.5. The van der Waals surface area contributed by atoms with Gasteiger partial charge in [-0.1, -0.05) is 42.6 Å². The topological polar surface area (TPSA) is 53.1 Å². The van der Waals surface area contributed by atoms with Gasteiger partial charge in [0.1, 0.15) is 12.4 Å². The van der Waals surface area contributed by atoms with Crippen LogP contribution in [-0.2, 0) is 6.61 Å². The van der Waals surface area contributed by atoms with E-state index in [2.05, 4.69) is 16.5 Å². The summed E-state index contributed by atoms with van der Waals surface area (Å²) in [6.07, 6.45) is 7.55. The highest BCUT2D eigenvalue weighted by molar-refractivity contribution is 6.35. The number of anilines is 1. The summed E-state index contributed by atoms with van der Waals surface area (Å²) in [7, 11) is 0. The van der Waals surface area contributed by atoms with Gasteiger partial charge in [0.2, 0.25) is 0 Å². The molecule has 1 heterocycles. The van der Waals surface area contributed by atoms with Gasteiger partial charge in [0.25, 0.3) is 0 Å². The summed E-state index contributed by atoms with van der Waals surface area (Å²) < 4.78 is 8.19. The first-order chi connectivity index (χ1) is 12.6. The highest BCUT2D eigenvalue weighted by Crippen LogP contribution is 2.34. The minimum Gasteiger partial charge on any atom is -0.488 e. The molecule has 6 heteroatoms.